The number of hydrogen-bond donors (Lipinski definition) is 2. The molecule has 3 rings (SSSR count). The van der Waals surface area contributed by atoms with Crippen LogP contribution in [0.5, 0.6) is 0 Å². The first kappa shape index (κ1) is 14.2. The summed E-state index contributed by atoms with van der Waals surface area (Å²) in [7, 11) is -4.39. The zero-order valence-corrected chi connectivity index (χ0v) is 11.9. The molecule has 112 valence electrons. The number of benzene rings is 2. The molecule has 0 spiro atoms. The van der Waals surface area contributed by atoms with Crippen LogP contribution in [0.25, 0.3) is 16.7 Å². The van der Waals surface area contributed by atoms with E-state index >= 15 is 0 Å². The van der Waals surface area contributed by atoms with Crippen LogP contribution in [0.4, 0.5) is 0 Å². The van der Waals surface area contributed by atoms with Gasteiger partial charge in [0.15, 0.2) is 0 Å². The summed E-state index contributed by atoms with van der Waals surface area (Å²) in [6, 6.07) is 12.3. The van der Waals surface area contributed by atoms with Crippen LogP contribution in [0, 0.1) is 0 Å². The number of para-hydroxylation sites is 1. The summed E-state index contributed by atoms with van der Waals surface area (Å²) in [5.41, 5.74) is 1.11. The smallest absolute Gasteiger partial charge is 0.372 e. The fourth-order valence-electron chi connectivity index (χ4n) is 2.20. The predicted molar refractivity (Wildman–Crippen MR) is 77.8 cm³/mol. The van der Waals surface area contributed by atoms with Crippen molar-refractivity contribution in [2.24, 2.45) is 0 Å². The average Bonchev–Trinajstić information content (AvgIpc) is 2.86. The summed E-state index contributed by atoms with van der Waals surface area (Å²) >= 11 is 0. The monoisotopic (exact) mass is 318 g/mol. The maximum absolute atomic E-state index is 11.4. The zero-order valence-electron chi connectivity index (χ0n) is 11.0. The quantitative estimate of drug-likeness (QED) is 0.715. The molecule has 0 atom stereocenters. The van der Waals surface area contributed by atoms with Gasteiger partial charge in [-0.3, -0.25) is 9.12 Å². The molecule has 2 N–H and O–H groups in total. The van der Waals surface area contributed by atoms with E-state index in [0.29, 0.717) is 11.2 Å². The molecule has 7 nitrogen and oxygen atoms in total. The Morgan fingerprint density at radius 3 is 2.36 bits per heavy atom. The Bertz CT molecular complexity index is 977. The van der Waals surface area contributed by atoms with Gasteiger partial charge in [0, 0.05) is 5.69 Å². The van der Waals surface area contributed by atoms with Gasteiger partial charge in [-0.25, -0.2) is 9.78 Å². The molecule has 0 saturated carbocycles. The number of carboxylic acids is 1. The minimum atomic E-state index is -4.39. The second kappa shape index (κ2) is 4.93. The van der Waals surface area contributed by atoms with Crippen molar-refractivity contribution in [2.75, 3.05) is 0 Å². The standard InChI is InChI=1S/C14H10N2O5S/c17-14(18)13-15-11-7-6-10(22(19,20)21)8-12(11)16(13)9-4-2-1-3-5-9/h1-8H,(H,17,18)(H,19,20,21). The third-order valence-corrected chi connectivity index (χ3v) is 3.98. The van der Waals surface area contributed by atoms with E-state index in [1.54, 1.807) is 30.3 Å². The van der Waals surface area contributed by atoms with Crippen molar-refractivity contribution in [1.82, 2.24) is 9.55 Å². The third kappa shape index (κ3) is 2.34. The van der Waals surface area contributed by atoms with E-state index in [2.05, 4.69) is 4.98 Å². The van der Waals surface area contributed by atoms with E-state index in [1.165, 1.54) is 22.8 Å². The highest BCUT2D eigenvalue weighted by molar-refractivity contribution is 7.85. The SMILES string of the molecule is O=C(O)c1nc2ccc(S(=O)(=O)O)cc2n1-c1ccccc1. The molecule has 2 aromatic carbocycles. The van der Waals surface area contributed by atoms with Crippen LogP contribution in [-0.2, 0) is 10.1 Å². The number of rotatable bonds is 3. The molecule has 22 heavy (non-hydrogen) atoms. The molecule has 0 aliphatic carbocycles. The Morgan fingerprint density at radius 1 is 1.09 bits per heavy atom. The largest absolute Gasteiger partial charge is 0.475 e. The van der Waals surface area contributed by atoms with Crippen LogP contribution < -0.4 is 0 Å². The number of hydrogen-bond acceptors (Lipinski definition) is 4. The van der Waals surface area contributed by atoms with Gasteiger partial charge >= 0.3 is 5.97 Å². The van der Waals surface area contributed by atoms with Gasteiger partial charge in [-0.05, 0) is 30.3 Å². The molecule has 3 aromatic rings. The highest BCUT2D eigenvalue weighted by atomic mass is 32.2. The minimum Gasteiger partial charge on any atom is -0.475 e. The topological polar surface area (TPSA) is 109 Å². The van der Waals surface area contributed by atoms with E-state index in [-0.39, 0.29) is 16.2 Å². The Labute approximate surface area is 125 Å². The molecule has 0 bridgehead atoms. The lowest BCUT2D eigenvalue weighted by atomic mass is 10.3. The number of aromatic carboxylic acids is 1. The van der Waals surface area contributed by atoms with Crippen molar-refractivity contribution in [3.63, 3.8) is 0 Å². The number of aromatic nitrogens is 2. The summed E-state index contributed by atoms with van der Waals surface area (Å²) in [5.74, 6) is -1.48. The van der Waals surface area contributed by atoms with Gasteiger partial charge in [-0.1, -0.05) is 18.2 Å². The molecule has 0 saturated heterocycles. The van der Waals surface area contributed by atoms with Gasteiger partial charge in [0.1, 0.15) is 0 Å². The number of carbonyl (C=O) groups is 1. The molecule has 1 aromatic heterocycles. The molecule has 0 amide bonds. The molecule has 0 aliphatic heterocycles. The third-order valence-electron chi connectivity index (χ3n) is 3.13. The Hall–Kier alpha value is -2.71. The molecule has 0 radical (unpaired) electrons. The second-order valence-corrected chi connectivity index (χ2v) is 5.96. The highest BCUT2D eigenvalue weighted by Gasteiger charge is 2.20. The Kier molecular flexibility index (Phi) is 3.19. The fraction of sp³-hybridized carbons (Fsp3) is 0. The summed E-state index contributed by atoms with van der Waals surface area (Å²) in [4.78, 5) is 15.1. The maximum atomic E-state index is 11.4. The maximum Gasteiger partial charge on any atom is 0.372 e. The first-order valence-electron chi connectivity index (χ1n) is 6.16. The van der Waals surface area contributed by atoms with Crippen LogP contribution in [0.2, 0.25) is 0 Å². The summed E-state index contributed by atoms with van der Waals surface area (Å²) < 4.78 is 33.0. The lowest BCUT2D eigenvalue weighted by molar-refractivity contribution is 0.0682. The summed E-state index contributed by atoms with van der Waals surface area (Å²) in [6.45, 7) is 0. The number of imidazole rings is 1. The van der Waals surface area contributed by atoms with E-state index in [1.807, 2.05) is 0 Å². The van der Waals surface area contributed by atoms with Crippen molar-refractivity contribution >= 4 is 27.1 Å². The first-order valence-corrected chi connectivity index (χ1v) is 7.60. The second-order valence-electron chi connectivity index (χ2n) is 4.54. The van der Waals surface area contributed by atoms with Gasteiger partial charge in [0.2, 0.25) is 5.82 Å². The van der Waals surface area contributed by atoms with E-state index in [4.69, 9.17) is 4.55 Å². The Balaban J connectivity index is 2.40. The van der Waals surface area contributed by atoms with Crippen LogP contribution in [0.15, 0.2) is 53.4 Å². The van der Waals surface area contributed by atoms with E-state index < -0.39 is 16.1 Å². The van der Waals surface area contributed by atoms with Crippen molar-refractivity contribution in [1.29, 1.82) is 0 Å². The van der Waals surface area contributed by atoms with E-state index in [0.717, 1.165) is 0 Å². The lowest BCUT2D eigenvalue weighted by Crippen LogP contribution is -2.08. The molecule has 1 heterocycles. The average molecular weight is 318 g/mol. The van der Waals surface area contributed by atoms with Crippen LogP contribution in [-0.4, -0.2) is 33.6 Å². The van der Waals surface area contributed by atoms with Crippen LogP contribution in [0.3, 0.4) is 0 Å². The molecule has 8 heteroatoms. The lowest BCUT2D eigenvalue weighted by Gasteiger charge is -2.07. The molecule has 0 unspecified atom stereocenters. The normalized spacial score (nSPS) is 11.7. The van der Waals surface area contributed by atoms with Gasteiger partial charge < -0.3 is 5.11 Å². The number of nitrogens with zero attached hydrogens (tertiary/aromatic N) is 2. The molecule has 0 aliphatic rings. The van der Waals surface area contributed by atoms with E-state index in [9.17, 15) is 18.3 Å². The van der Waals surface area contributed by atoms with Gasteiger partial charge in [0.05, 0.1) is 15.9 Å². The minimum absolute atomic E-state index is 0.242. The van der Waals surface area contributed by atoms with Crippen LogP contribution in [0.1, 0.15) is 10.6 Å². The zero-order chi connectivity index (χ0) is 15.9. The number of carboxylic acid groups (broad SMARTS) is 1. The fourth-order valence-corrected chi connectivity index (χ4v) is 2.70. The van der Waals surface area contributed by atoms with Gasteiger partial charge in [-0.15, -0.1) is 0 Å². The summed E-state index contributed by atoms with van der Waals surface area (Å²) in [6.07, 6.45) is 0. The van der Waals surface area contributed by atoms with Crippen LogP contribution >= 0.6 is 0 Å². The molecular weight excluding hydrogens is 308 g/mol. The number of fused-ring (bicyclic) bond motifs is 1. The van der Waals surface area contributed by atoms with Crippen molar-refractivity contribution in [3.05, 3.63) is 54.4 Å². The first-order chi connectivity index (χ1) is 10.4. The van der Waals surface area contributed by atoms with Gasteiger partial charge in [-0.2, -0.15) is 8.42 Å². The predicted octanol–water partition coefficient (Wildman–Crippen LogP) is 1.97. The molecular formula is C14H10N2O5S. The van der Waals surface area contributed by atoms with Crippen molar-refractivity contribution < 1.29 is 22.9 Å². The summed E-state index contributed by atoms with van der Waals surface area (Å²) in [5, 5.41) is 9.31. The van der Waals surface area contributed by atoms with Crippen molar-refractivity contribution in [2.45, 2.75) is 4.90 Å². The van der Waals surface area contributed by atoms with Gasteiger partial charge in [0.25, 0.3) is 10.1 Å². The Morgan fingerprint density at radius 2 is 1.77 bits per heavy atom. The van der Waals surface area contributed by atoms with Crippen molar-refractivity contribution in [3.8, 4) is 5.69 Å². The molecule has 0 fully saturated rings. The highest BCUT2D eigenvalue weighted by Crippen LogP contribution is 2.24.